The summed E-state index contributed by atoms with van der Waals surface area (Å²) in [6, 6.07) is 5.56. The second-order valence-corrected chi connectivity index (χ2v) is 4.68. The first-order valence-electron chi connectivity index (χ1n) is 6.20. The molecule has 1 aliphatic carbocycles. The van der Waals surface area contributed by atoms with Gasteiger partial charge < -0.3 is 9.84 Å². The Kier molecular flexibility index (Phi) is 3.91. The average molecular weight is 254 g/mol. The number of ether oxygens (including phenoxy) is 1. The fourth-order valence-corrected chi connectivity index (χ4v) is 2.00. The van der Waals surface area contributed by atoms with Gasteiger partial charge in [-0.1, -0.05) is 24.8 Å². The Labute approximate surface area is 114 Å². The van der Waals surface area contributed by atoms with Crippen molar-refractivity contribution in [1.29, 1.82) is 0 Å². The summed E-state index contributed by atoms with van der Waals surface area (Å²) in [5.41, 5.74) is 4.15. The van der Waals surface area contributed by atoms with Crippen LogP contribution in [0.4, 0.5) is 0 Å². The molecule has 1 aliphatic rings. The normalized spacial score (nSPS) is 15.4. The number of hydrogen-bond acceptors (Lipinski definition) is 2. The van der Waals surface area contributed by atoms with Gasteiger partial charge in [0.1, 0.15) is 11.5 Å². The third-order valence-electron chi connectivity index (χ3n) is 3.05. The summed E-state index contributed by atoms with van der Waals surface area (Å²) >= 11 is 0. The molecule has 0 bridgehead atoms. The molecule has 0 aromatic heterocycles. The third-order valence-corrected chi connectivity index (χ3v) is 3.05. The van der Waals surface area contributed by atoms with Crippen molar-refractivity contribution in [3.05, 3.63) is 71.0 Å². The zero-order valence-corrected chi connectivity index (χ0v) is 11.3. The molecule has 0 saturated heterocycles. The van der Waals surface area contributed by atoms with Crippen molar-refractivity contribution in [1.82, 2.24) is 0 Å². The molecule has 1 N–H and O–H groups in total. The van der Waals surface area contributed by atoms with E-state index in [9.17, 15) is 5.11 Å². The molecule has 2 nitrogen and oxygen atoms in total. The largest absolute Gasteiger partial charge is 0.508 e. The summed E-state index contributed by atoms with van der Waals surface area (Å²) in [4.78, 5) is 0. The lowest BCUT2D eigenvalue weighted by Gasteiger charge is -2.12. The summed E-state index contributed by atoms with van der Waals surface area (Å²) in [7, 11) is 1.66. The maximum atomic E-state index is 9.49. The number of phenols is 1. The maximum absolute atomic E-state index is 9.49. The van der Waals surface area contributed by atoms with Crippen LogP contribution in [0.3, 0.4) is 0 Å². The first-order chi connectivity index (χ1) is 9.08. The fourth-order valence-electron chi connectivity index (χ4n) is 2.00. The molecule has 0 heterocycles. The zero-order valence-electron chi connectivity index (χ0n) is 11.3. The SMILES string of the molecule is C=C1C=C(OC)C=C(/C=C/c2ccc(O)c(C)c2)C1. The van der Waals surface area contributed by atoms with Crippen molar-refractivity contribution in [3.8, 4) is 5.75 Å². The van der Waals surface area contributed by atoms with E-state index < -0.39 is 0 Å². The van der Waals surface area contributed by atoms with Crippen molar-refractivity contribution in [3.63, 3.8) is 0 Å². The van der Waals surface area contributed by atoms with Crippen LogP contribution < -0.4 is 0 Å². The number of aromatic hydroxyl groups is 1. The molecule has 98 valence electrons. The Morgan fingerprint density at radius 1 is 1.26 bits per heavy atom. The van der Waals surface area contributed by atoms with Crippen LogP contribution in [-0.2, 0) is 4.74 Å². The summed E-state index contributed by atoms with van der Waals surface area (Å²) in [5, 5.41) is 9.49. The van der Waals surface area contributed by atoms with Gasteiger partial charge in [-0.05, 0) is 59.9 Å². The highest BCUT2D eigenvalue weighted by molar-refractivity contribution is 5.57. The first kappa shape index (κ1) is 13.2. The lowest BCUT2D eigenvalue weighted by molar-refractivity contribution is 0.305. The number of aryl methyl sites for hydroxylation is 1. The molecule has 0 spiro atoms. The van der Waals surface area contributed by atoms with Gasteiger partial charge >= 0.3 is 0 Å². The summed E-state index contributed by atoms with van der Waals surface area (Å²) in [5.74, 6) is 1.16. The van der Waals surface area contributed by atoms with Gasteiger partial charge in [0, 0.05) is 0 Å². The molecule has 0 unspecified atom stereocenters. The number of allylic oxidation sites excluding steroid dienone is 5. The van der Waals surface area contributed by atoms with Gasteiger partial charge in [-0.2, -0.15) is 0 Å². The van der Waals surface area contributed by atoms with E-state index in [-0.39, 0.29) is 0 Å². The second kappa shape index (κ2) is 5.61. The van der Waals surface area contributed by atoms with Gasteiger partial charge in [0.15, 0.2) is 0 Å². The maximum Gasteiger partial charge on any atom is 0.119 e. The van der Waals surface area contributed by atoms with Crippen LogP contribution in [0.1, 0.15) is 17.5 Å². The Morgan fingerprint density at radius 2 is 2.05 bits per heavy atom. The highest BCUT2D eigenvalue weighted by Gasteiger charge is 2.06. The number of benzene rings is 1. The minimum atomic E-state index is 0.326. The van der Waals surface area contributed by atoms with E-state index in [0.717, 1.165) is 34.5 Å². The molecule has 1 aromatic carbocycles. The molecule has 2 rings (SSSR count). The molecule has 0 aliphatic heterocycles. The van der Waals surface area contributed by atoms with Gasteiger partial charge in [0.2, 0.25) is 0 Å². The van der Waals surface area contributed by atoms with Gasteiger partial charge in [-0.15, -0.1) is 0 Å². The van der Waals surface area contributed by atoms with Crippen molar-refractivity contribution in [2.75, 3.05) is 7.11 Å². The second-order valence-electron chi connectivity index (χ2n) is 4.68. The van der Waals surface area contributed by atoms with E-state index in [4.69, 9.17) is 4.74 Å². The summed E-state index contributed by atoms with van der Waals surface area (Å²) in [6.45, 7) is 5.87. The van der Waals surface area contributed by atoms with E-state index in [1.165, 1.54) is 0 Å². The average Bonchev–Trinajstić information content (AvgIpc) is 2.39. The standard InChI is InChI=1S/C17H18O2/c1-12-8-15(11-16(9-12)19-3)5-4-14-6-7-17(18)13(2)10-14/h4-7,9-11,18H,1,8H2,2-3H3/b5-4+. The molecule has 1 aromatic rings. The Balaban J connectivity index is 2.18. The number of methoxy groups -OCH3 is 1. The van der Waals surface area contributed by atoms with E-state index in [2.05, 4.69) is 12.7 Å². The topological polar surface area (TPSA) is 29.5 Å². The lowest BCUT2D eigenvalue weighted by atomic mass is 9.99. The molecule has 19 heavy (non-hydrogen) atoms. The van der Waals surface area contributed by atoms with E-state index >= 15 is 0 Å². The molecule has 0 saturated carbocycles. The number of rotatable bonds is 3. The smallest absolute Gasteiger partial charge is 0.119 e. The van der Waals surface area contributed by atoms with Crippen LogP contribution in [0.25, 0.3) is 6.08 Å². The quantitative estimate of drug-likeness (QED) is 0.878. The van der Waals surface area contributed by atoms with Crippen LogP contribution in [-0.4, -0.2) is 12.2 Å². The van der Waals surface area contributed by atoms with E-state index in [1.807, 2.05) is 37.3 Å². The van der Waals surface area contributed by atoms with Crippen molar-refractivity contribution in [2.24, 2.45) is 0 Å². The van der Waals surface area contributed by atoms with Crippen molar-refractivity contribution >= 4 is 6.08 Å². The minimum absolute atomic E-state index is 0.326. The molecule has 0 amide bonds. The predicted octanol–water partition coefficient (Wildman–Crippen LogP) is 4.13. The molecular formula is C17H18O2. The van der Waals surface area contributed by atoms with Crippen molar-refractivity contribution in [2.45, 2.75) is 13.3 Å². The molecule has 2 heteroatoms. The summed E-state index contributed by atoms with van der Waals surface area (Å²) < 4.78 is 5.24. The molecule has 0 atom stereocenters. The lowest BCUT2D eigenvalue weighted by Crippen LogP contribution is -1.94. The zero-order chi connectivity index (χ0) is 13.8. The van der Waals surface area contributed by atoms with Gasteiger partial charge in [-0.25, -0.2) is 0 Å². The highest BCUT2D eigenvalue weighted by Crippen LogP contribution is 2.24. The Hall–Kier alpha value is -2.22. The van der Waals surface area contributed by atoms with Gasteiger partial charge in [0.25, 0.3) is 0 Å². The molecule has 0 fully saturated rings. The Morgan fingerprint density at radius 3 is 2.74 bits per heavy atom. The van der Waals surface area contributed by atoms with E-state index in [1.54, 1.807) is 13.2 Å². The highest BCUT2D eigenvalue weighted by atomic mass is 16.5. The minimum Gasteiger partial charge on any atom is -0.508 e. The summed E-state index contributed by atoms with van der Waals surface area (Å²) in [6.07, 6.45) is 8.88. The Bertz CT molecular complexity index is 589. The first-order valence-corrected chi connectivity index (χ1v) is 6.20. The predicted molar refractivity (Wildman–Crippen MR) is 78.8 cm³/mol. The number of phenolic OH excluding ortho intramolecular Hbond substituents is 1. The van der Waals surface area contributed by atoms with Crippen LogP contribution in [0.15, 0.2) is 59.9 Å². The van der Waals surface area contributed by atoms with Crippen LogP contribution >= 0.6 is 0 Å². The van der Waals surface area contributed by atoms with Crippen LogP contribution in [0, 0.1) is 6.92 Å². The van der Waals surface area contributed by atoms with Gasteiger partial charge in [0.05, 0.1) is 7.11 Å². The molecular weight excluding hydrogens is 236 g/mol. The monoisotopic (exact) mass is 254 g/mol. The number of hydrogen-bond donors (Lipinski definition) is 1. The third kappa shape index (κ3) is 3.38. The van der Waals surface area contributed by atoms with Crippen LogP contribution in [0.5, 0.6) is 5.75 Å². The molecule has 0 radical (unpaired) electrons. The van der Waals surface area contributed by atoms with Crippen LogP contribution in [0.2, 0.25) is 0 Å². The fraction of sp³-hybridized carbons (Fsp3) is 0.176. The van der Waals surface area contributed by atoms with Gasteiger partial charge in [-0.3, -0.25) is 0 Å². The van der Waals surface area contributed by atoms with Crippen molar-refractivity contribution < 1.29 is 9.84 Å². The van der Waals surface area contributed by atoms with E-state index in [0.29, 0.717) is 5.75 Å².